The second-order valence-corrected chi connectivity index (χ2v) is 12.6. The molecule has 0 saturated carbocycles. The Morgan fingerprint density at radius 3 is 2.81 bits per heavy atom. The average Bonchev–Trinajstić information content (AvgIpc) is 3.60. The molecule has 0 aliphatic carbocycles. The van der Waals surface area contributed by atoms with E-state index in [0.717, 1.165) is 24.8 Å². The van der Waals surface area contributed by atoms with Crippen LogP contribution in [0.25, 0.3) is 32.9 Å². The molecule has 7 nitrogen and oxygen atoms in total. The maximum Gasteiger partial charge on any atom is 0.319 e. The van der Waals surface area contributed by atoms with Crippen molar-refractivity contribution in [2.24, 2.45) is 0 Å². The highest BCUT2D eigenvalue weighted by Gasteiger charge is 2.49. The van der Waals surface area contributed by atoms with Gasteiger partial charge in [0, 0.05) is 54.3 Å². The minimum Gasteiger partial charge on any atom is -0.461 e. The van der Waals surface area contributed by atoms with Crippen LogP contribution in [0.4, 0.5) is 19.0 Å². The molecule has 4 aromatic rings. The Balaban J connectivity index is 1.24. The number of piperazine rings is 1. The topological polar surface area (TPSA) is 66.4 Å². The van der Waals surface area contributed by atoms with Crippen molar-refractivity contribution in [1.82, 2.24) is 25.2 Å². The maximum atomic E-state index is 16.6. The lowest BCUT2D eigenvalue weighted by molar-refractivity contribution is 0.107. The molecule has 4 aliphatic rings. The van der Waals surface area contributed by atoms with Crippen molar-refractivity contribution < 1.29 is 17.9 Å². The molecule has 4 aliphatic heterocycles. The number of benzene rings is 2. The van der Waals surface area contributed by atoms with E-state index in [9.17, 15) is 8.78 Å². The molecule has 0 amide bonds. The molecule has 2 bridgehead atoms. The number of fused-ring (bicyclic) bond motifs is 5. The highest BCUT2D eigenvalue weighted by Crippen LogP contribution is 2.41. The molecule has 5 unspecified atom stereocenters. The van der Waals surface area contributed by atoms with Crippen molar-refractivity contribution in [2.45, 2.75) is 55.6 Å². The van der Waals surface area contributed by atoms with Gasteiger partial charge < -0.3 is 15.0 Å². The van der Waals surface area contributed by atoms with E-state index in [4.69, 9.17) is 21.3 Å². The van der Waals surface area contributed by atoms with Gasteiger partial charge in [-0.05, 0) is 37.3 Å². The van der Waals surface area contributed by atoms with Gasteiger partial charge in [0.15, 0.2) is 5.82 Å². The number of hydrogen-bond acceptors (Lipinski definition) is 7. The third-order valence-electron chi connectivity index (χ3n) is 9.54. The van der Waals surface area contributed by atoms with Gasteiger partial charge in [0.1, 0.15) is 36.0 Å². The Labute approximate surface area is 246 Å². The standard InChI is InChI=1S/C31H30ClF3N6O/c32-22-7-2-5-17-4-1-6-20(25(17)22)27-26(35)28-21(12-36-27)29(40-14-19-10-23(34)24(15-40)37-19)39-30(38-28)42-16-31-8-3-9-41(31)13-18(33)11-31/h1-2,4-7,12,18-19,23-24,37H,3,8-11,13-16H2. The van der Waals surface area contributed by atoms with Crippen LogP contribution in [0.15, 0.2) is 42.6 Å². The fourth-order valence-corrected chi connectivity index (χ4v) is 7.90. The van der Waals surface area contributed by atoms with E-state index < -0.39 is 23.7 Å². The fraction of sp³-hybridized carbons (Fsp3) is 0.452. The van der Waals surface area contributed by atoms with Crippen LogP contribution in [0.1, 0.15) is 25.7 Å². The molecule has 0 spiro atoms. The number of nitrogens with one attached hydrogen (secondary N) is 1. The first-order valence-corrected chi connectivity index (χ1v) is 15.0. The smallest absolute Gasteiger partial charge is 0.319 e. The van der Waals surface area contributed by atoms with Crippen molar-refractivity contribution in [3.8, 4) is 17.3 Å². The van der Waals surface area contributed by atoms with Crippen molar-refractivity contribution in [1.29, 1.82) is 0 Å². The number of anilines is 1. The highest BCUT2D eigenvalue weighted by atomic mass is 35.5. The third kappa shape index (κ3) is 4.21. The predicted molar refractivity (Wildman–Crippen MR) is 156 cm³/mol. The molecule has 0 radical (unpaired) electrons. The van der Waals surface area contributed by atoms with Gasteiger partial charge in [0.25, 0.3) is 0 Å². The number of nitrogens with zero attached hydrogens (tertiary/aromatic N) is 5. The summed E-state index contributed by atoms with van der Waals surface area (Å²) >= 11 is 6.57. The zero-order chi connectivity index (χ0) is 28.6. The van der Waals surface area contributed by atoms with E-state index in [0.29, 0.717) is 59.7 Å². The van der Waals surface area contributed by atoms with E-state index in [-0.39, 0.29) is 35.9 Å². The minimum absolute atomic E-state index is 0.0238. The summed E-state index contributed by atoms with van der Waals surface area (Å²) in [5.41, 5.74) is 0.343. The Morgan fingerprint density at radius 1 is 1.10 bits per heavy atom. The van der Waals surface area contributed by atoms with Crippen LogP contribution >= 0.6 is 11.6 Å². The minimum atomic E-state index is -0.954. The van der Waals surface area contributed by atoms with Gasteiger partial charge in [-0.2, -0.15) is 9.97 Å². The first-order valence-electron chi connectivity index (χ1n) is 14.6. The van der Waals surface area contributed by atoms with Crippen LogP contribution in [0.3, 0.4) is 0 Å². The summed E-state index contributed by atoms with van der Waals surface area (Å²) in [5.74, 6) is -0.148. The summed E-state index contributed by atoms with van der Waals surface area (Å²) in [6.07, 6.45) is 2.37. The summed E-state index contributed by atoms with van der Waals surface area (Å²) in [7, 11) is 0. The molecule has 4 saturated heterocycles. The van der Waals surface area contributed by atoms with Crippen LogP contribution < -0.4 is 15.0 Å². The molecule has 8 rings (SSSR count). The first-order chi connectivity index (χ1) is 20.4. The summed E-state index contributed by atoms with van der Waals surface area (Å²) in [6.45, 7) is 2.35. The normalized spacial score (nSPS) is 29.1. The second kappa shape index (κ2) is 9.92. The predicted octanol–water partition coefficient (Wildman–Crippen LogP) is 5.48. The number of rotatable bonds is 5. The van der Waals surface area contributed by atoms with E-state index in [1.165, 1.54) is 0 Å². The number of aromatic nitrogens is 3. The Hall–Kier alpha value is -3.21. The Morgan fingerprint density at radius 2 is 1.95 bits per heavy atom. The Bertz CT molecular complexity index is 1700. The molecule has 218 valence electrons. The van der Waals surface area contributed by atoms with Gasteiger partial charge in [-0.15, -0.1) is 0 Å². The first kappa shape index (κ1) is 26.4. The third-order valence-corrected chi connectivity index (χ3v) is 9.85. The van der Waals surface area contributed by atoms with Gasteiger partial charge in [0.05, 0.1) is 17.0 Å². The monoisotopic (exact) mass is 594 g/mol. The highest BCUT2D eigenvalue weighted by molar-refractivity contribution is 6.36. The van der Waals surface area contributed by atoms with Gasteiger partial charge in [-0.3, -0.25) is 9.88 Å². The molecule has 5 atom stereocenters. The molecule has 42 heavy (non-hydrogen) atoms. The van der Waals surface area contributed by atoms with E-state index in [1.807, 2.05) is 29.2 Å². The average molecular weight is 595 g/mol. The molecule has 2 aromatic heterocycles. The maximum absolute atomic E-state index is 16.6. The van der Waals surface area contributed by atoms with Crippen LogP contribution in [0, 0.1) is 5.82 Å². The molecular formula is C31H30ClF3N6O. The molecule has 4 fully saturated rings. The van der Waals surface area contributed by atoms with Gasteiger partial charge in [0.2, 0.25) is 0 Å². The molecule has 11 heteroatoms. The molecule has 6 heterocycles. The lowest BCUT2D eigenvalue weighted by Gasteiger charge is -2.34. The van der Waals surface area contributed by atoms with Crippen molar-refractivity contribution in [3.05, 3.63) is 53.4 Å². The van der Waals surface area contributed by atoms with E-state index in [2.05, 4.69) is 20.2 Å². The lowest BCUT2D eigenvalue weighted by Crippen LogP contribution is -2.52. The molecule has 2 aromatic carbocycles. The second-order valence-electron chi connectivity index (χ2n) is 12.1. The number of hydrogen-bond donors (Lipinski definition) is 1. The van der Waals surface area contributed by atoms with E-state index in [1.54, 1.807) is 18.3 Å². The summed E-state index contributed by atoms with van der Waals surface area (Å²) < 4.78 is 51.8. The summed E-state index contributed by atoms with van der Waals surface area (Å²) in [5, 5.41) is 5.82. The van der Waals surface area contributed by atoms with Crippen LogP contribution in [-0.2, 0) is 0 Å². The quantitative estimate of drug-likeness (QED) is 0.328. The Kier molecular flexibility index (Phi) is 6.24. The zero-order valence-corrected chi connectivity index (χ0v) is 23.6. The SMILES string of the molecule is Fc1c(-c2cccc3cccc(Cl)c23)ncc2c(N3CC4CC(F)C(C3)N4)nc(OCC34CCCN3CC(F)C4)nc12. The molecule has 1 N–H and O–H groups in total. The lowest BCUT2D eigenvalue weighted by atomic mass is 9.95. The number of ether oxygens (including phenoxy) is 1. The van der Waals surface area contributed by atoms with Gasteiger partial charge >= 0.3 is 6.01 Å². The fourth-order valence-electron chi connectivity index (χ4n) is 7.61. The van der Waals surface area contributed by atoms with E-state index >= 15 is 4.39 Å². The largest absolute Gasteiger partial charge is 0.461 e. The van der Waals surface area contributed by atoms with Gasteiger partial charge in [-0.25, -0.2) is 13.2 Å². The zero-order valence-electron chi connectivity index (χ0n) is 22.9. The number of halogens is 4. The van der Waals surface area contributed by atoms with Crippen LogP contribution in [0.5, 0.6) is 6.01 Å². The van der Waals surface area contributed by atoms with Crippen molar-refractivity contribution in [2.75, 3.05) is 37.7 Å². The molecular weight excluding hydrogens is 565 g/mol. The summed E-state index contributed by atoms with van der Waals surface area (Å²) in [4.78, 5) is 18.0. The van der Waals surface area contributed by atoms with Crippen molar-refractivity contribution in [3.63, 3.8) is 0 Å². The van der Waals surface area contributed by atoms with Gasteiger partial charge in [-0.1, -0.05) is 41.9 Å². The number of pyridine rings is 1. The van der Waals surface area contributed by atoms with Crippen LogP contribution in [0.2, 0.25) is 5.02 Å². The van der Waals surface area contributed by atoms with Crippen molar-refractivity contribution >= 4 is 39.1 Å². The van der Waals surface area contributed by atoms with Crippen LogP contribution in [-0.4, -0.2) is 82.6 Å². The number of alkyl halides is 2. The summed E-state index contributed by atoms with van der Waals surface area (Å²) in [6, 6.07) is 10.8.